The summed E-state index contributed by atoms with van der Waals surface area (Å²) in [5.74, 6) is -0.0429. The van der Waals surface area contributed by atoms with Gasteiger partial charge < -0.3 is 5.32 Å². The quantitative estimate of drug-likeness (QED) is 0.888. The van der Waals surface area contributed by atoms with E-state index >= 15 is 0 Å². The Balaban J connectivity index is 1.83. The van der Waals surface area contributed by atoms with Crippen molar-refractivity contribution >= 4 is 5.91 Å². The number of benzene rings is 1. The van der Waals surface area contributed by atoms with Gasteiger partial charge in [-0.3, -0.25) is 9.89 Å². The number of hydrogen-bond donors (Lipinski definition) is 2. The summed E-state index contributed by atoms with van der Waals surface area (Å²) in [6, 6.07) is 9.26. The van der Waals surface area contributed by atoms with Crippen molar-refractivity contribution in [2.45, 2.75) is 19.0 Å². The van der Waals surface area contributed by atoms with Crippen molar-refractivity contribution in [1.29, 1.82) is 0 Å². The zero-order valence-electron chi connectivity index (χ0n) is 10.9. The summed E-state index contributed by atoms with van der Waals surface area (Å²) in [6.07, 6.45) is -5.68. The number of alkyl halides is 3. The summed E-state index contributed by atoms with van der Waals surface area (Å²) in [6.45, 7) is 0.0678. The predicted molar refractivity (Wildman–Crippen MR) is 69.2 cm³/mol. The molecule has 0 aliphatic heterocycles. The van der Waals surface area contributed by atoms with Gasteiger partial charge in [0.05, 0.1) is 0 Å². The molecule has 5 nitrogen and oxygen atoms in total. The summed E-state index contributed by atoms with van der Waals surface area (Å²) < 4.78 is 35.9. The fourth-order valence-corrected chi connectivity index (χ4v) is 1.69. The van der Waals surface area contributed by atoms with Crippen LogP contribution in [-0.2, 0) is 11.2 Å². The normalized spacial score (nSPS) is 11.4. The molecule has 1 aromatic carbocycles. The van der Waals surface area contributed by atoms with Gasteiger partial charge in [0.1, 0.15) is 12.2 Å². The van der Waals surface area contributed by atoms with Crippen LogP contribution in [0, 0.1) is 0 Å². The highest BCUT2D eigenvalue weighted by Crippen LogP contribution is 2.18. The van der Waals surface area contributed by atoms with Crippen LogP contribution in [0.2, 0.25) is 0 Å². The Bertz CT molecular complexity index is 595. The molecule has 0 aliphatic rings. The number of carbonyl (C=O) groups is 1. The summed E-state index contributed by atoms with van der Waals surface area (Å²) in [5.41, 5.74) is 0.834. The second-order valence-electron chi connectivity index (χ2n) is 4.36. The van der Waals surface area contributed by atoms with Crippen LogP contribution in [0.5, 0.6) is 0 Å². The van der Waals surface area contributed by atoms with E-state index in [1.54, 1.807) is 0 Å². The molecule has 0 saturated carbocycles. The molecule has 1 heterocycles. The van der Waals surface area contributed by atoms with E-state index < -0.39 is 18.5 Å². The second kappa shape index (κ2) is 6.38. The van der Waals surface area contributed by atoms with Gasteiger partial charge in [-0.05, 0) is 0 Å². The van der Waals surface area contributed by atoms with Gasteiger partial charge in [0, 0.05) is 18.5 Å². The lowest BCUT2D eigenvalue weighted by Crippen LogP contribution is -2.30. The third-order valence-corrected chi connectivity index (χ3v) is 2.61. The van der Waals surface area contributed by atoms with Crippen molar-refractivity contribution in [1.82, 2.24) is 20.5 Å². The Morgan fingerprint density at radius 3 is 2.62 bits per heavy atom. The van der Waals surface area contributed by atoms with Crippen LogP contribution in [0.4, 0.5) is 13.2 Å². The van der Waals surface area contributed by atoms with Gasteiger partial charge in [0.15, 0.2) is 5.82 Å². The maximum atomic E-state index is 12.0. The Kier molecular flexibility index (Phi) is 4.56. The predicted octanol–water partition coefficient (Wildman–Crippen LogP) is 2.08. The molecule has 0 atom stereocenters. The molecule has 8 heteroatoms. The lowest BCUT2D eigenvalue weighted by atomic mass is 10.2. The number of nitrogens with zero attached hydrogens (tertiary/aromatic N) is 2. The third-order valence-electron chi connectivity index (χ3n) is 2.61. The summed E-state index contributed by atoms with van der Waals surface area (Å²) in [5, 5.41) is 8.90. The van der Waals surface area contributed by atoms with E-state index in [-0.39, 0.29) is 13.0 Å². The van der Waals surface area contributed by atoms with Crippen LogP contribution in [-0.4, -0.2) is 33.8 Å². The summed E-state index contributed by atoms with van der Waals surface area (Å²) >= 11 is 0. The van der Waals surface area contributed by atoms with E-state index in [1.807, 2.05) is 30.3 Å². The van der Waals surface area contributed by atoms with Crippen LogP contribution in [0.25, 0.3) is 11.4 Å². The fourth-order valence-electron chi connectivity index (χ4n) is 1.69. The number of halogens is 3. The number of carbonyl (C=O) groups excluding carboxylic acids is 1. The summed E-state index contributed by atoms with van der Waals surface area (Å²) in [7, 11) is 0. The average Bonchev–Trinajstić information content (AvgIpc) is 2.86. The first-order chi connectivity index (χ1) is 9.94. The molecule has 2 aromatic rings. The molecule has 1 aromatic heterocycles. The third kappa shape index (κ3) is 4.90. The van der Waals surface area contributed by atoms with Crippen molar-refractivity contribution in [3.63, 3.8) is 0 Å². The number of hydrogen-bond acceptors (Lipinski definition) is 3. The summed E-state index contributed by atoms with van der Waals surface area (Å²) in [4.78, 5) is 15.2. The number of H-pyrrole nitrogens is 1. The van der Waals surface area contributed by atoms with Crippen molar-refractivity contribution in [3.05, 3.63) is 36.2 Å². The minimum absolute atomic E-state index is 0.0678. The average molecular weight is 298 g/mol. The van der Waals surface area contributed by atoms with Gasteiger partial charge in [0.25, 0.3) is 0 Å². The van der Waals surface area contributed by atoms with Crippen LogP contribution in [0.15, 0.2) is 30.3 Å². The maximum absolute atomic E-state index is 12.0. The maximum Gasteiger partial charge on any atom is 0.397 e. The highest BCUT2D eigenvalue weighted by Gasteiger charge is 2.30. The smallest absolute Gasteiger partial charge is 0.355 e. The number of rotatable bonds is 5. The van der Waals surface area contributed by atoms with Gasteiger partial charge in [-0.15, -0.1) is 0 Å². The first-order valence-corrected chi connectivity index (χ1v) is 6.24. The van der Waals surface area contributed by atoms with Crippen molar-refractivity contribution < 1.29 is 18.0 Å². The lowest BCUT2D eigenvalue weighted by molar-refractivity contribution is -0.153. The molecule has 1 amide bonds. The lowest BCUT2D eigenvalue weighted by Gasteiger charge is -2.06. The zero-order chi connectivity index (χ0) is 15.3. The van der Waals surface area contributed by atoms with E-state index in [4.69, 9.17) is 0 Å². The molecular weight excluding hydrogens is 285 g/mol. The monoisotopic (exact) mass is 298 g/mol. The molecule has 0 unspecified atom stereocenters. The van der Waals surface area contributed by atoms with E-state index in [0.29, 0.717) is 11.6 Å². The molecule has 0 saturated heterocycles. The van der Waals surface area contributed by atoms with E-state index in [1.165, 1.54) is 0 Å². The minimum atomic E-state index is -4.49. The van der Waals surface area contributed by atoms with E-state index in [2.05, 4.69) is 20.5 Å². The first kappa shape index (κ1) is 15.0. The standard InChI is InChI=1S/C13H13F3N4O/c14-13(15,16)8-11(21)17-7-6-10-18-12(20-19-10)9-4-2-1-3-5-9/h1-5H,6-8H2,(H,17,21)(H,18,19,20). The van der Waals surface area contributed by atoms with Crippen molar-refractivity contribution in [3.8, 4) is 11.4 Å². The molecule has 2 N–H and O–H groups in total. The largest absolute Gasteiger partial charge is 0.397 e. The SMILES string of the molecule is O=C(CC(F)(F)F)NCCc1nc(-c2ccccc2)n[nH]1. The van der Waals surface area contributed by atoms with Gasteiger partial charge in [-0.1, -0.05) is 30.3 Å². The number of nitrogens with one attached hydrogen (secondary N) is 2. The highest BCUT2D eigenvalue weighted by molar-refractivity contribution is 5.76. The van der Waals surface area contributed by atoms with Gasteiger partial charge in [0.2, 0.25) is 5.91 Å². The first-order valence-electron chi connectivity index (χ1n) is 6.24. The Morgan fingerprint density at radius 2 is 1.95 bits per heavy atom. The van der Waals surface area contributed by atoms with Gasteiger partial charge >= 0.3 is 6.18 Å². The van der Waals surface area contributed by atoms with Crippen LogP contribution >= 0.6 is 0 Å². The molecule has 2 rings (SSSR count). The molecular formula is C13H13F3N4O. The minimum Gasteiger partial charge on any atom is -0.355 e. The van der Waals surface area contributed by atoms with Crippen LogP contribution in [0.3, 0.4) is 0 Å². The Hall–Kier alpha value is -2.38. The molecule has 0 radical (unpaired) electrons. The molecule has 112 valence electrons. The van der Waals surface area contributed by atoms with Crippen LogP contribution < -0.4 is 5.32 Å². The van der Waals surface area contributed by atoms with Crippen molar-refractivity contribution in [2.75, 3.05) is 6.54 Å². The molecule has 21 heavy (non-hydrogen) atoms. The molecule has 0 fully saturated rings. The topological polar surface area (TPSA) is 70.7 Å². The van der Waals surface area contributed by atoms with E-state index in [0.717, 1.165) is 5.56 Å². The molecule has 0 bridgehead atoms. The number of aromatic nitrogens is 3. The van der Waals surface area contributed by atoms with E-state index in [9.17, 15) is 18.0 Å². The highest BCUT2D eigenvalue weighted by atomic mass is 19.4. The fraction of sp³-hybridized carbons (Fsp3) is 0.308. The van der Waals surface area contributed by atoms with Gasteiger partial charge in [-0.2, -0.15) is 18.3 Å². The Morgan fingerprint density at radius 1 is 1.24 bits per heavy atom. The second-order valence-corrected chi connectivity index (χ2v) is 4.36. The molecule has 0 aliphatic carbocycles. The number of amides is 1. The Labute approximate surface area is 118 Å². The van der Waals surface area contributed by atoms with Crippen LogP contribution in [0.1, 0.15) is 12.2 Å². The number of aromatic amines is 1. The zero-order valence-corrected chi connectivity index (χ0v) is 10.9. The van der Waals surface area contributed by atoms with Gasteiger partial charge in [-0.25, -0.2) is 4.98 Å². The van der Waals surface area contributed by atoms with Crippen molar-refractivity contribution in [2.24, 2.45) is 0 Å². The molecule has 0 spiro atoms.